The maximum absolute atomic E-state index is 12.5. The molecule has 9 heteroatoms. The number of hydrogen-bond donors (Lipinski definition) is 2. The normalized spacial score (nSPS) is 16.2. The molecule has 0 saturated carbocycles. The van der Waals surface area contributed by atoms with Crippen LogP contribution in [0.2, 0.25) is 0 Å². The number of amides is 1. The number of hydrogen-bond acceptors (Lipinski definition) is 7. The van der Waals surface area contributed by atoms with E-state index < -0.39 is 6.10 Å². The Morgan fingerprint density at radius 2 is 2.11 bits per heavy atom. The second-order valence-corrected chi connectivity index (χ2v) is 6.48. The smallest absolute Gasteiger partial charge is 0.257 e. The molecule has 0 bridgehead atoms. The number of methoxy groups -OCH3 is 1. The number of aliphatic hydroxyl groups is 1. The minimum atomic E-state index is -0.451. The molecule has 2 N–H and O–H groups in total. The van der Waals surface area contributed by atoms with E-state index >= 15 is 0 Å². The molecule has 1 aliphatic heterocycles. The summed E-state index contributed by atoms with van der Waals surface area (Å²) in [5.41, 5.74) is 1.31. The van der Waals surface area contributed by atoms with E-state index in [0.717, 1.165) is 11.4 Å². The topological polar surface area (TPSA) is 105 Å². The first kappa shape index (κ1) is 17.9. The van der Waals surface area contributed by atoms with Crippen LogP contribution in [0.3, 0.4) is 0 Å². The average molecular weight is 380 g/mol. The second-order valence-electron chi connectivity index (χ2n) is 6.48. The number of likely N-dealkylation sites (tertiary alicyclic amines) is 1. The van der Waals surface area contributed by atoms with Crippen molar-refractivity contribution in [1.29, 1.82) is 0 Å². The van der Waals surface area contributed by atoms with E-state index in [1.165, 1.54) is 17.2 Å². The van der Waals surface area contributed by atoms with Gasteiger partial charge in [0.25, 0.3) is 5.91 Å². The van der Waals surface area contributed by atoms with Gasteiger partial charge in [0.2, 0.25) is 0 Å². The third kappa shape index (κ3) is 3.79. The molecule has 4 rings (SSSR count). The maximum atomic E-state index is 12.5. The van der Waals surface area contributed by atoms with Gasteiger partial charge in [-0.2, -0.15) is 5.10 Å². The number of aliphatic hydroxyl groups excluding tert-OH is 1. The fourth-order valence-corrected chi connectivity index (χ4v) is 3.03. The van der Waals surface area contributed by atoms with Crippen LogP contribution in [0, 0.1) is 0 Å². The van der Waals surface area contributed by atoms with Gasteiger partial charge in [-0.25, -0.2) is 14.6 Å². The molecule has 3 aromatic rings. The number of carbonyl (C=O) groups excluding carboxylic acids is 1. The highest BCUT2D eigenvalue weighted by molar-refractivity contribution is 5.94. The molecule has 3 heterocycles. The fraction of sp³-hybridized carbons (Fsp3) is 0.263. The van der Waals surface area contributed by atoms with Crippen molar-refractivity contribution in [2.75, 3.05) is 25.5 Å². The summed E-state index contributed by atoms with van der Waals surface area (Å²) in [6.07, 6.45) is 4.72. The minimum Gasteiger partial charge on any atom is -0.497 e. The first-order valence-electron chi connectivity index (χ1n) is 8.88. The lowest BCUT2D eigenvalue weighted by molar-refractivity contribution is 0.0765. The molecule has 1 aromatic carbocycles. The monoisotopic (exact) mass is 380 g/mol. The van der Waals surface area contributed by atoms with E-state index in [1.54, 1.807) is 24.3 Å². The molecule has 1 aliphatic rings. The molecule has 28 heavy (non-hydrogen) atoms. The van der Waals surface area contributed by atoms with Crippen LogP contribution >= 0.6 is 0 Å². The molecular formula is C19H20N6O3. The highest BCUT2D eigenvalue weighted by Crippen LogP contribution is 2.20. The third-order valence-electron chi connectivity index (χ3n) is 4.53. The van der Waals surface area contributed by atoms with Gasteiger partial charge in [0.1, 0.15) is 17.9 Å². The second kappa shape index (κ2) is 7.65. The SMILES string of the molecule is COc1ccc(Nc2cc(-n3cc(C(=O)N4CC[C@H](O)C4)cn3)ncn2)cc1. The van der Waals surface area contributed by atoms with Gasteiger partial charge < -0.3 is 20.1 Å². The Kier molecular flexibility index (Phi) is 4.90. The van der Waals surface area contributed by atoms with Crippen molar-refractivity contribution in [3.05, 3.63) is 54.6 Å². The van der Waals surface area contributed by atoms with Gasteiger partial charge in [-0.05, 0) is 30.7 Å². The summed E-state index contributed by atoms with van der Waals surface area (Å²) in [4.78, 5) is 22.6. The van der Waals surface area contributed by atoms with Gasteiger partial charge in [-0.15, -0.1) is 0 Å². The molecule has 2 aromatic heterocycles. The van der Waals surface area contributed by atoms with Crippen LogP contribution in [0.5, 0.6) is 5.75 Å². The number of β-amino-alcohol motifs (C(OH)–C–C–N with tert-alkyl or cyclic N) is 1. The number of benzene rings is 1. The maximum Gasteiger partial charge on any atom is 0.257 e. The van der Waals surface area contributed by atoms with Crippen molar-refractivity contribution in [2.45, 2.75) is 12.5 Å². The lowest BCUT2D eigenvalue weighted by Crippen LogP contribution is -2.29. The first-order chi connectivity index (χ1) is 13.6. The fourth-order valence-electron chi connectivity index (χ4n) is 3.03. The number of nitrogens with one attached hydrogen (secondary N) is 1. The molecule has 0 radical (unpaired) electrons. The summed E-state index contributed by atoms with van der Waals surface area (Å²) in [5, 5.41) is 17.0. The number of carbonyl (C=O) groups is 1. The van der Waals surface area contributed by atoms with Crippen LogP contribution in [-0.2, 0) is 0 Å². The van der Waals surface area contributed by atoms with Gasteiger partial charge >= 0.3 is 0 Å². The van der Waals surface area contributed by atoms with E-state index in [0.29, 0.717) is 36.7 Å². The first-order valence-corrected chi connectivity index (χ1v) is 8.88. The van der Waals surface area contributed by atoms with Crippen LogP contribution < -0.4 is 10.1 Å². The molecule has 9 nitrogen and oxygen atoms in total. The lowest BCUT2D eigenvalue weighted by Gasteiger charge is -2.13. The van der Waals surface area contributed by atoms with Crippen LogP contribution in [0.25, 0.3) is 5.82 Å². The van der Waals surface area contributed by atoms with E-state index in [9.17, 15) is 9.90 Å². The van der Waals surface area contributed by atoms with Crippen molar-refractivity contribution >= 4 is 17.4 Å². The number of ether oxygens (including phenoxy) is 1. The Morgan fingerprint density at radius 3 is 2.82 bits per heavy atom. The highest BCUT2D eigenvalue weighted by Gasteiger charge is 2.26. The molecule has 0 aliphatic carbocycles. The van der Waals surface area contributed by atoms with Crippen molar-refractivity contribution in [1.82, 2.24) is 24.6 Å². The van der Waals surface area contributed by atoms with E-state index in [4.69, 9.17) is 4.74 Å². The summed E-state index contributed by atoms with van der Waals surface area (Å²) in [5.74, 6) is 1.76. The number of rotatable bonds is 5. The van der Waals surface area contributed by atoms with Gasteiger partial charge in [0.15, 0.2) is 5.82 Å². The van der Waals surface area contributed by atoms with Gasteiger partial charge in [-0.3, -0.25) is 4.79 Å². The van der Waals surface area contributed by atoms with Gasteiger partial charge in [-0.1, -0.05) is 0 Å². The van der Waals surface area contributed by atoms with Crippen molar-refractivity contribution in [3.8, 4) is 11.6 Å². The van der Waals surface area contributed by atoms with Crippen LogP contribution in [0.4, 0.5) is 11.5 Å². The Balaban J connectivity index is 1.49. The zero-order valence-corrected chi connectivity index (χ0v) is 15.3. The molecule has 0 spiro atoms. The van der Waals surface area contributed by atoms with E-state index in [2.05, 4.69) is 20.4 Å². The Hall–Kier alpha value is -3.46. The molecule has 1 atom stereocenters. The lowest BCUT2D eigenvalue weighted by atomic mass is 10.3. The summed E-state index contributed by atoms with van der Waals surface area (Å²) in [7, 11) is 1.62. The molecule has 0 unspecified atom stereocenters. The Morgan fingerprint density at radius 1 is 1.29 bits per heavy atom. The largest absolute Gasteiger partial charge is 0.497 e. The molecule has 144 valence electrons. The highest BCUT2D eigenvalue weighted by atomic mass is 16.5. The number of aromatic nitrogens is 4. The predicted octanol–water partition coefficient (Wildman–Crippen LogP) is 1.62. The molecular weight excluding hydrogens is 360 g/mol. The third-order valence-corrected chi connectivity index (χ3v) is 4.53. The summed E-state index contributed by atoms with van der Waals surface area (Å²) >= 11 is 0. The van der Waals surface area contributed by atoms with Crippen LogP contribution in [0.1, 0.15) is 16.8 Å². The zero-order valence-electron chi connectivity index (χ0n) is 15.3. The quantitative estimate of drug-likeness (QED) is 0.693. The van der Waals surface area contributed by atoms with Gasteiger partial charge in [0.05, 0.1) is 25.0 Å². The zero-order chi connectivity index (χ0) is 19.5. The average Bonchev–Trinajstić information content (AvgIpc) is 3.38. The summed E-state index contributed by atoms with van der Waals surface area (Å²) in [6.45, 7) is 0.905. The predicted molar refractivity (Wildman–Crippen MR) is 102 cm³/mol. The number of anilines is 2. The van der Waals surface area contributed by atoms with Crippen molar-refractivity contribution in [3.63, 3.8) is 0 Å². The standard InChI is InChI=1S/C19H20N6O3/c1-28-16-4-2-14(3-5-16)23-17-8-18(21-12-20-17)25-10-13(9-22-25)19(27)24-7-6-15(26)11-24/h2-5,8-10,12,15,26H,6-7,11H2,1H3,(H,20,21,23)/t15-/m0/s1. The van der Waals surface area contributed by atoms with E-state index in [-0.39, 0.29) is 5.91 Å². The number of nitrogens with zero attached hydrogens (tertiary/aromatic N) is 5. The molecule has 1 amide bonds. The Bertz CT molecular complexity index is 972. The van der Waals surface area contributed by atoms with Gasteiger partial charge in [0, 0.05) is 31.0 Å². The van der Waals surface area contributed by atoms with Crippen molar-refractivity contribution in [2.24, 2.45) is 0 Å². The van der Waals surface area contributed by atoms with Crippen LogP contribution in [-0.4, -0.2) is 62.0 Å². The summed E-state index contributed by atoms with van der Waals surface area (Å²) in [6, 6.07) is 9.22. The Labute approximate surface area is 161 Å². The minimum absolute atomic E-state index is 0.145. The van der Waals surface area contributed by atoms with E-state index in [1.807, 2.05) is 24.3 Å². The van der Waals surface area contributed by atoms with Crippen LogP contribution in [0.15, 0.2) is 49.1 Å². The summed E-state index contributed by atoms with van der Waals surface area (Å²) < 4.78 is 6.68. The molecule has 1 saturated heterocycles. The molecule has 1 fully saturated rings. The van der Waals surface area contributed by atoms with Crippen molar-refractivity contribution < 1.29 is 14.6 Å².